The molecule has 11 heteroatoms. The van der Waals surface area contributed by atoms with Gasteiger partial charge in [0.1, 0.15) is 24.1 Å². The van der Waals surface area contributed by atoms with Crippen molar-refractivity contribution in [3.63, 3.8) is 0 Å². The molecular formula is C25H26N6O4S. The van der Waals surface area contributed by atoms with E-state index in [1.165, 1.54) is 33.2 Å². The van der Waals surface area contributed by atoms with Crippen LogP contribution < -0.4 is 10.2 Å². The van der Waals surface area contributed by atoms with Gasteiger partial charge in [-0.15, -0.1) is 21.5 Å². The molecule has 1 fully saturated rings. The van der Waals surface area contributed by atoms with Gasteiger partial charge in [0, 0.05) is 22.7 Å². The number of thiophene rings is 1. The van der Waals surface area contributed by atoms with Crippen molar-refractivity contribution in [2.45, 2.75) is 51.2 Å². The lowest BCUT2D eigenvalue weighted by Gasteiger charge is -2.31. The summed E-state index contributed by atoms with van der Waals surface area (Å²) in [5.74, 6) is 0.705. The SMILES string of the molecule is Cc1ccc(-c2nnn(CC(=O)N(c3cccc(O)c3)C(C(=O)NC3CCCC3)c3cccs3)n2)o1. The minimum absolute atomic E-state index is 0.0132. The van der Waals surface area contributed by atoms with Crippen molar-refractivity contribution in [2.24, 2.45) is 0 Å². The largest absolute Gasteiger partial charge is 0.508 e. The zero-order chi connectivity index (χ0) is 25.1. The van der Waals surface area contributed by atoms with Crippen molar-refractivity contribution in [2.75, 3.05) is 4.90 Å². The van der Waals surface area contributed by atoms with Crippen molar-refractivity contribution in [1.29, 1.82) is 0 Å². The van der Waals surface area contributed by atoms with E-state index < -0.39 is 11.9 Å². The molecule has 1 atom stereocenters. The molecule has 1 aromatic carbocycles. The number of hydrogen-bond donors (Lipinski definition) is 2. The number of amides is 2. The summed E-state index contributed by atoms with van der Waals surface area (Å²) >= 11 is 1.39. The first-order valence-corrected chi connectivity index (χ1v) is 12.7. The van der Waals surface area contributed by atoms with Crippen molar-refractivity contribution in [3.05, 3.63) is 64.5 Å². The van der Waals surface area contributed by atoms with Crippen molar-refractivity contribution in [1.82, 2.24) is 25.5 Å². The molecule has 0 aliphatic heterocycles. The van der Waals surface area contributed by atoms with Crippen LogP contribution in [0.2, 0.25) is 0 Å². The van der Waals surface area contributed by atoms with E-state index in [-0.39, 0.29) is 30.1 Å². The lowest BCUT2D eigenvalue weighted by atomic mass is 10.1. The molecule has 4 aromatic rings. The van der Waals surface area contributed by atoms with Crippen LogP contribution in [0.3, 0.4) is 0 Å². The molecule has 2 N–H and O–H groups in total. The number of furan rings is 1. The number of aromatic hydroxyl groups is 1. The van der Waals surface area contributed by atoms with Gasteiger partial charge in [-0.1, -0.05) is 25.0 Å². The molecular weight excluding hydrogens is 480 g/mol. The highest BCUT2D eigenvalue weighted by Gasteiger charge is 2.35. The van der Waals surface area contributed by atoms with E-state index in [0.29, 0.717) is 22.1 Å². The number of aromatic nitrogens is 4. The van der Waals surface area contributed by atoms with Crippen LogP contribution in [-0.4, -0.2) is 43.2 Å². The maximum absolute atomic E-state index is 13.8. The molecule has 36 heavy (non-hydrogen) atoms. The van der Waals surface area contributed by atoms with Gasteiger partial charge in [0.15, 0.2) is 5.76 Å². The summed E-state index contributed by atoms with van der Waals surface area (Å²) in [7, 11) is 0. The molecule has 5 rings (SSSR count). The summed E-state index contributed by atoms with van der Waals surface area (Å²) in [5, 5.41) is 27.4. The Labute approximate surface area is 211 Å². The van der Waals surface area contributed by atoms with Gasteiger partial charge in [0.2, 0.25) is 11.7 Å². The van der Waals surface area contributed by atoms with Gasteiger partial charge in [-0.05, 0) is 60.7 Å². The Morgan fingerprint density at radius 3 is 2.75 bits per heavy atom. The van der Waals surface area contributed by atoms with Gasteiger partial charge in [-0.25, -0.2) is 0 Å². The Hall–Kier alpha value is -3.99. The molecule has 3 heterocycles. The van der Waals surface area contributed by atoms with Crippen LogP contribution in [0.4, 0.5) is 5.69 Å². The Morgan fingerprint density at radius 2 is 2.06 bits per heavy atom. The van der Waals surface area contributed by atoms with Crippen LogP contribution in [-0.2, 0) is 16.1 Å². The first-order valence-electron chi connectivity index (χ1n) is 11.8. The van der Waals surface area contributed by atoms with Crippen molar-refractivity contribution in [3.8, 4) is 17.3 Å². The molecule has 0 saturated heterocycles. The smallest absolute Gasteiger partial charge is 0.251 e. The van der Waals surface area contributed by atoms with E-state index >= 15 is 0 Å². The molecule has 1 aliphatic rings. The number of phenolic OH excluding ortho intramolecular Hbond substituents is 1. The lowest BCUT2D eigenvalue weighted by molar-refractivity contribution is -0.127. The van der Waals surface area contributed by atoms with Crippen LogP contribution in [0.15, 0.2) is 58.3 Å². The van der Waals surface area contributed by atoms with Gasteiger partial charge < -0.3 is 14.8 Å². The molecule has 1 unspecified atom stereocenters. The maximum atomic E-state index is 13.8. The van der Waals surface area contributed by atoms with Crippen molar-refractivity contribution < 1.29 is 19.1 Å². The average molecular weight is 507 g/mol. The van der Waals surface area contributed by atoms with Gasteiger partial charge in [-0.3, -0.25) is 14.5 Å². The molecule has 3 aromatic heterocycles. The Balaban J connectivity index is 1.47. The van der Waals surface area contributed by atoms with Gasteiger partial charge in [-0.2, -0.15) is 4.80 Å². The summed E-state index contributed by atoms with van der Waals surface area (Å²) < 4.78 is 5.55. The zero-order valence-electron chi connectivity index (χ0n) is 19.7. The monoisotopic (exact) mass is 506 g/mol. The maximum Gasteiger partial charge on any atom is 0.251 e. The predicted octanol–water partition coefficient (Wildman–Crippen LogP) is 3.84. The molecule has 0 spiro atoms. The quantitative estimate of drug-likeness (QED) is 0.372. The highest BCUT2D eigenvalue weighted by molar-refractivity contribution is 7.10. The fourth-order valence-corrected chi connectivity index (χ4v) is 5.22. The number of aryl methyl sites for hydroxylation is 1. The van der Waals surface area contributed by atoms with Crippen LogP contribution in [0.5, 0.6) is 5.75 Å². The molecule has 2 amide bonds. The highest BCUT2D eigenvalue weighted by Crippen LogP contribution is 2.33. The van der Waals surface area contributed by atoms with E-state index in [1.807, 2.05) is 24.4 Å². The van der Waals surface area contributed by atoms with E-state index in [0.717, 1.165) is 25.7 Å². The molecule has 1 aliphatic carbocycles. The summed E-state index contributed by atoms with van der Waals surface area (Å²) in [6.07, 6.45) is 3.97. The van der Waals surface area contributed by atoms with Crippen LogP contribution in [0, 0.1) is 6.92 Å². The van der Waals surface area contributed by atoms with Crippen LogP contribution in [0.25, 0.3) is 11.6 Å². The molecule has 1 saturated carbocycles. The lowest BCUT2D eigenvalue weighted by Crippen LogP contribution is -2.47. The van der Waals surface area contributed by atoms with Crippen LogP contribution >= 0.6 is 11.3 Å². The van der Waals surface area contributed by atoms with Gasteiger partial charge in [0.05, 0.1) is 0 Å². The summed E-state index contributed by atoms with van der Waals surface area (Å²) in [6, 6.07) is 12.7. The first-order chi connectivity index (χ1) is 17.5. The Morgan fingerprint density at radius 1 is 1.22 bits per heavy atom. The Kier molecular flexibility index (Phi) is 6.81. The number of benzene rings is 1. The highest BCUT2D eigenvalue weighted by atomic mass is 32.1. The number of carbonyl (C=O) groups is 2. The average Bonchev–Trinajstić information content (AvgIpc) is 3.65. The summed E-state index contributed by atoms with van der Waals surface area (Å²) in [5.41, 5.74) is 0.391. The van der Waals surface area contributed by atoms with E-state index in [9.17, 15) is 14.7 Å². The first kappa shape index (κ1) is 23.7. The second-order valence-corrected chi connectivity index (χ2v) is 9.72. The fraction of sp³-hybridized carbons (Fsp3) is 0.320. The number of carbonyl (C=O) groups excluding carboxylic acids is 2. The third kappa shape index (κ3) is 5.15. The minimum atomic E-state index is -0.921. The third-order valence-electron chi connectivity index (χ3n) is 6.09. The van der Waals surface area contributed by atoms with E-state index in [1.54, 1.807) is 24.3 Å². The van der Waals surface area contributed by atoms with Crippen LogP contribution in [0.1, 0.15) is 42.4 Å². The normalized spacial score (nSPS) is 14.6. The van der Waals surface area contributed by atoms with E-state index in [2.05, 4.69) is 20.7 Å². The zero-order valence-corrected chi connectivity index (χ0v) is 20.5. The number of anilines is 1. The van der Waals surface area contributed by atoms with E-state index in [4.69, 9.17) is 4.42 Å². The molecule has 0 bridgehead atoms. The van der Waals surface area contributed by atoms with Crippen molar-refractivity contribution >= 4 is 28.8 Å². The Bertz CT molecular complexity index is 1340. The molecule has 186 valence electrons. The second kappa shape index (κ2) is 10.3. The summed E-state index contributed by atoms with van der Waals surface area (Å²) in [4.78, 5) is 30.7. The topological polar surface area (TPSA) is 126 Å². The second-order valence-electron chi connectivity index (χ2n) is 8.75. The number of tetrazole rings is 1. The minimum Gasteiger partial charge on any atom is -0.508 e. The molecule has 0 radical (unpaired) electrons. The molecule has 10 nitrogen and oxygen atoms in total. The predicted molar refractivity (Wildman–Crippen MR) is 133 cm³/mol. The number of hydrogen-bond acceptors (Lipinski definition) is 8. The number of phenols is 1. The third-order valence-corrected chi connectivity index (χ3v) is 7.01. The number of nitrogens with one attached hydrogen (secondary N) is 1. The standard InChI is InChI=1S/C25H26N6O4S/c1-16-11-12-20(35-16)24-27-29-30(28-24)15-22(33)31(18-8-4-9-19(32)14-18)23(21-10-5-13-36-21)25(34)26-17-6-2-3-7-17/h4-5,8-14,17,23,32H,2-3,6-7,15H2,1H3,(H,26,34). The fourth-order valence-electron chi connectivity index (χ4n) is 4.41. The summed E-state index contributed by atoms with van der Waals surface area (Å²) in [6.45, 7) is 1.55. The van der Waals surface area contributed by atoms with Gasteiger partial charge >= 0.3 is 0 Å². The van der Waals surface area contributed by atoms with Gasteiger partial charge in [0.25, 0.3) is 5.91 Å². The number of nitrogens with zero attached hydrogens (tertiary/aromatic N) is 5. The number of rotatable bonds is 8.